The van der Waals surface area contributed by atoms with E-state index < -0.39 is 41.4 Å². The van der Waals surface area contributed by atoms with Crippen LogP contribution in [0.5, 0.6) is 0 Å². The molecule has 2 atom stereocenters. The minimum atomic E-state index is -1.16. The number of nitrogens with one attached hydrogen (secondary N) is 2. The lowest BCUT2D eigenvalue weighted by atomic mass is 10.0. The molecule has 0 aliphatic heterocycles. The summed E-state index contributed by atoms with van der Waals surface area (Å²) in [7, 11) is 0. The first-order chi connectivity index (χ1) is 14.0. The van der Waals surface area contributed by atoms with Gasteiger partial charge in [-0.2, -0.15) is 0 Å². The average molecular weight is 425 g/mol. The Balaban J connectivity index is 2.14. The highest BCUT2D eigenvalue weighted by Gasteiger charge is 2.16. The molecule has 6 nitrogen and oxygen atoms in total. The SMILES string of the molecule is CC(C)NC(=NC(N)CC(N)c1cc(F)cc(F)c1)NC(=O)c1ccc(F)c(F)c1. The summed E-state index contributed by atoms with van der Waals surface area (Å²) in [4.78, 5) is 16.5. The van der Waals surface area contributed by atoms with Gasteiger partial charge < -0.3 is 16.8 Å². The van der Waals surface area contributed by atoms with Crippen molar-refractivity contribution < 1.29 is 22.4 Å². The summed E-state index contributed by atoms with van der Waals surface area (Å²) < 4.78 is 53.2. The Morgan fingerprint density at radius 3 is 2.20 bits per heavy atom. The van der Waals surface area contributed by atoms with Crippen molar-refractivity contribution in [2.24, 2.45) is 16.5 Å². The Kier molecular flexibility index (Phi) is 7.90. The molecule has 162 valence electrons. The third-order valence-corrected chi connectivity index (χ3v) is 3.94. The van der Waals surface area contributed by atoms with E-state index in [2.05, 4.69) is 15.6 Å². The molecule has 2 aromatic carbocycles. The first-order valence-electron chi connectivity index (χ1n) is 9.13. The number of guanidine groups is 1. The van der Waals surface area contributed by atoms with Crippen molar-refractivity contribution in [1.82, 2.24) is 10.6 Å². The molecule has 0 bridgehead atoms. The second-order valence-electron chi connectivity index (χ2n) is 6.97. The lowest BCUT2D eigenvalue weighted by Crippen LogP contribution is -2.45. The van der Waals surface area contributed by atoms with Gasteiger partial charge in [0, 0.05) is 30.1 Å². The van der Waals surface area contributed by atoms with Crippen molar-refractivity contribution in [2.45, 2.75) is 38.5 Å². The third-order valence-electron chi connectivity index (χ3n) is 3.94. The molecule has 0 spiro atoms. The fourth-order valence-corrected chi connectivity index (χ4v) is 2.60. The Morgan fingerprint density at radius 1 is 1.00 bits per heavy atom. The highest BCUT2D eigenvalue weighted by molar-refractivity contribution is 6.05. The van der Waals surface area contributed by atoms with Crippen LogP contribution >= 0.6 is 0 Å². The number of halogens is 4. The molecule has 0 heterocycles. The van der Waals surface area contributed by atoms with Crippen molar-refractivity contribution >= 4 is 11.9 Å². The molecule has 0 aromatic heterocycles. The Hall–Kier alpha value is -2.98. The zero-order valence-electron chi connectivity index (χ0n) is 16.4. The van der Waals surface area contributed by atoms with Crippen LogP contribution in [0.3, 0.4) is 0 Å². The highest BCUT2D eigenvalue weighted by atomic mass is 19.2. The van der Waals surface area contributed by atoms with Gasteiger partial charge in [-0.05, 0) is 49.7 Å². The number of hydrogen-bond acceptors (Lipinski definition) is 4. The van der Waals surface area contributed by atoms with Crippen molar-refractivity contribution in [3.8, 4) is 0 Å². The maximum absolute atomic E-state index is 13.4. The quantitative estimate of drug-likeness (QED) is 0.324. The molecule has 0 aliphatic rings. The molecule has 2 rings (SSSR count). The van der Waals surface area contributed by atoms with E-state index in [4.69, 9.17) is 11.5 Å². The maximum Gasteiger partial charge on any atom is 0.258 e. The normalized spacial score (nSPS) is 13.8. The molecule has 2 unspecified atom stereocenters. The number of aliphatic imine (C=N–C) groups is 1. The van der Waals surface area contributed by atoms with Crippen LogP contribution in [0.2, 0.25) is 0 Å². The summed E-state index contributed by atoms with van der Waals surface area (Å²) in [6, 6.07) is 4.68. The largest absolute Gasteiger partial charge is 0.354 e. The van der Waals surface area contributed by atoms with E-state index in [-0.39, 0.29) is 29.5 Å². The number of nitrogens with zero attached hydrogens (tertiary/aromatic N) is 1. The van der Waals surface area contributed by atoms with Crippen LogP contribution in [0.1, 0.15) is 42.2 Å². The minimum absolute atomic E-state index is 0.00939. The zero-order valence-corrected chi connectivity index (χ0v) is 16.4. The molecule has 6 N–H and O–H groups in total. The van der Waals surface area contributed by atoms with Crippen LogP contribution < -0.4 is 22.1 Å². The van der Waals surface area contributed by atoms with Crippen LogP contribution in [0.25, 0.3) is 0 Å². The van der Waals surface area contributed by atoms with Gasteiger partial charge in [0.25, 0.3) is 5.91 Å². The van der Waals surface area contributed by atoms with Crippen molar-refractivity contribution in [2.75, 3.05) is 0 Å². The minimum Gasteiger partial charge on any atom is -0.354 e. The molecule has 0 saturated carbocycles. The van der Waals surface area contributed by atoms with Crippen molar-refractivity contribution in [3.63, 3.8) is 0 Å². The van der Waals surface area contributed by atoms with E-state index in [0.29, 0.717) is 0 Å². The summed E-state index contributed by atoms with van der Waals surface area (Å²) in [5.41, 5.74) is 12.0. The molecular formula is C20H23F4N5O. The first kappa shape index (κ1) is 23.3. The molecule has 0 saturated heterocycles. The van der Waals surface area contributed by atoms with Gasteiger partial charge in [0.2, 0.25) is 0 Å². The Bertz CT molecular complexity index is 915. The topological polar surface area (TPSA) is 106 Å². The molecule has 10 heteroatoms. The van der Waals surface area contributed by atoms with Gasteiger partial charge >= 0.3 is 0 Å². The van der Waals surface area contributed by atoms with E-state index in [1.165, 1.54) is 0 Å². The van der Waals surface area contributed by atoms with Gasteiger partial charge in [0.15, 0.2) is 17.6 Å². The van der Waals surface area contributed by atoms with Gasteiger partial charge in [-0.15, -0.1) is 0 Å². The van der Waals surface area contributed by atoms with Crippen LogP contribution in [0.4, 0.5) is 17.6 Å². The third kappa shape index (κ3) is 6.82. The number of rotatable bonds is 6. The van der Waals surface area contributed by atoms with Crippen molar-refractivity contribution in [3.05, 3.63) is 70.8 Å². The maximum atomic E-state index is 13.4. The summed E-state index contributed by atoms with van der Waals surface area (Å²) >= 11 is 0. The van der Waals surface area contributed by atoms with E-state index in [9.17, 15) is 22.4 Å². The van der Waals surface area contributed by atoms with Crippen LogP contribution in [-0.2, 0) is 0 Å². The fourth-order valence-electron chi connectivity index (χ4n) is 2.60. The second kappa shape index (κ2) is 10.2. The van der Waals surface area contributed by atoms with Gasteiger partial charge in [-0.1, -0.05) is 0 Å². The molecule has 2 aromatic rings. The first-order valence-corrected chi connectivity index (χ1v) is 9.13. The average Bonchev–Trinajstić information content (AvgIpc) is 2.62. The smallest absolute Gasteiger partial charge is 0.258 e. The molecule has 0 aliphatic carbocycles. The zero-order chi connectivity index (χ0) is 22.4. The van der Waals surface area contributed by atoms with E-state index >= 15 is 0 Å². The number of carbonyl (C=O) groups is 1. The lowest BCUT2D eigenvalue weighted by molar-refractivity contribution is 0.0975. The van der Waals surface area contributed by atoms with E-state index in [1.54, 1.807) is 13.8 Å². The number of nitrogens with two attached hydrogens (primary N) is 2. The Morgan fingerprint density at radius 2 is 1.63 bits per heavy atom. The molecule has 0 radical (unpaired) electrons. The standard InChI is InChI=1S/C20H23F4N5O/c1-10(2)27-20(29-19(30)11-3-4-15(23)16(24)7-11)28-18(26)9-17(25)12-5-13(21)8-14(22)6-12/h3-8,10,17-18H,9,25-26H2,1-2H3,(H2,27,28,29,30). The van der Waals surface area contributed by atoms with Crippen LogP contribution in [-0.4, -0.2) is 24.1 Å². The monoisotopic (exact) mass is 425 g/mol. The van der Waals surface area contributed by atoms with E-state index in [0.717, 1.165) is 36.4 Å². The number of benzene rings is 2. The molecule has 1 amide bonds. The predicted octanol–water partition coefficient (Wildman–Crippen LogP) is 2.70. The predicted molar refractivity (Wildman–Crippen MR) is 105 cm³/mol. The van der Waals surface area contributed by atoms with Gasteiger partial charge in [0.05, 0.1) is 0 Å². The Labute approximate surface area is 171 Å². The second-order valence-corrected chi connectivity index (χ2v) is 6.97. The summed E-state index contributed by atoms with van der Waals surface area (Å²) in [5.74, 6) is -4.51. The lowest BCUT2D eigenvalue weighted by Gasteiger charge is -2.19. The van der Waals surface area contributed by atoms with Gasteiger partial charge in [-0.25, -0.2) is 22.6 Å². The number of hydrogen-bond donors (Lipinski definition) is 4. The van der Waals surface area contributed by atoms with Gasteiger partial charge in [0.1, 0.15) is 17.8 Å². The van der Waals surface area contributed by atoms with Crippen LogP contribution in [0, 0.1) is 23.3 Å². The van der Waals surface area contributed by atoms with E-state index in [1.807, 2.05) is 0 Å². The molecular weight excluding hydrogens is 402 g/mol. The number of carbonyl (C=O) groups excluding carboxylic acids is 1. The molecule has 30 heavy (non-hydrogen) atoms. The molecule has 0 fully saturated rings. The summed E-state index contributed by atoms with van der Waals surface area (Å²) in [6.07, 6.45) is -0.912. The number of amides is 1. The summed E-state index contributed by atoms with van der Waals surface area (Å²) in [5, 5.41) is 5.32. The van der Waals surface area contributed by atoms with Crippen LogP contribution in [0.15, 0.2) is 41.4 Å². The van der Waals surface area contributed by atoms with Gasteiger partial charge in [-0.3, -0.25) is 10.1 Å². The summed E-state index contributed by atoms with van der Waals surface area (Å²) in [6.45, 7) is 3.57. The fraction of sp³-hybridized carbons (Fsp3) is 0.300. The van der Waals surface area contributed by atoms with Crippen molar-refractivity contribution in [1.29, 1.82) is 0 Å². The highest BCUT2D eigenvalue weighted by Crippen LogP contribution is 2.18.